The Morgan fingerprint density at radius 3 is 2.77 bits per heavy atom. The number of pyridine rings is 1. The zero-order valence-electron chi connectivity index (χ0n) is 16.9. The molecule has 30 heavy (non-hydrogen) atoms. The lowest BCUT2D eigenvalue weighted by atomic mass is 9.94. The average Bonchev–Trinajstić information content (AvgIpc) is 2.77. The Morgan fingerprint density at radius 2 is 2.00 bits per heavy atom. The summed E-state index contributed by atoms with van der Waals surface area (Å²) in [7, 11) is 0. The molecule has 3 heterocycles. The Labute approximate surface area is 181 Å². The van der Waals surface area contributed by atoms with E-state index in [9.17, 15) is 4.79 Å². The number of amides is 1. The second-order valence-electron chi connectivity index (χ2n) is 7.63. The van der Waals surface area contributed by atoms with Crippen LogP contribution in [0.3, 0.4) is 0 Å². The summed E-state index contributed by atoms with van der Waals surface area (Å²) in [4.78, 5) is 28.1. The van der Waals surface area contributed by atoms with Gasteiger partial charge in [0.1, 0.15) is 5.82 Å². The third-order valence-corrected chi connectivity index (χ3v) is 5.54. The average molecular weight is 422 g/mol. The fourth-order valence-electron chi connectivity index (χ4n) is 3.65. The maximum atomic E-state index is 12.8. The van der Waals surface area contributed by atoms with Crippen LogP contribution in [-0.4, -0.2) is 38.8 Å². The van der Waals surface area contributed by atoms with E-state index in [4.69, 9.17) is 11.6 Å². The van der Waals surface area contributed by atoms with Gasteiger partial charge in [-0.25, -0.2) is 15.0 Å². The quantitative estimate of drug-likeness (QED) is 0.655. The fraction of sp³-hybridized carbons (Fsp3) is 0.304. The van der Waals surface area contributed by atoms with Gasteiger partial charge in [0.25, 0.3) is 0 Å². The van der Waals surface area contributed by atoms with Gasteiger partial charge in [-0.05, 0) is 55.2 Å². The molecule has 154 valence electrons. The van der Waals surface area contributed by atoms with E-state index in [1.807, 2.05) is 54.3 Å². The summed E-state index contributed by atoms with van der Waals surface area (Å²) in [5.41, 5.74) is 3.02. The largest absolute Gasteiger partial charge is 0.342 e. The summed E-state index contributed by atoms with van der Waals surface area (Å²) in [5.74, 6) is 1.57. The Bertz CT molecular complexity index is 1010. The highest BCUT2D eigenvalue weighted by molar-refractivity contribution is 6.30. The lowest BCUT2D eigenvalue weighted by molar-refractivity contribution is -0.131. The van der Waals surface area contributed by atoms with Crippen molar-refractivity contribution in [3.05, 3.63) is 76.7 Å². The molecule has 2 aromatic heterocycles. The first-order valence-corrected chi connectivity index (χ1v) is 10.5. The normalized spacial score (nSPS) is 16.3. The highest BCUT2D eigenvalue weighted by atomic mass is 35.5. The summed E-state index contributed by atoms with van der Waals surface area (Å²) >= 11 is 5.94. The number of nitrogens with one attached hydrogen (secondary N) is 1. The minimum atomic E-state index is 0.137. The third kappa shape index (κ3) is 5.13. The van der Waals surface area contributed by atoms with Crippen molar-refractivity contribution < 1.29 is 4.79 Å². The van der Waals surface area contributed by atoms with Gasteiger partial charge in [-0.2, -0.15) is 0 Å². The maximum Gasteiger partial charge on any atom is 0.228 e. The molecule has 1 saturated heterocycles. The van der Waals surface area contributed by atoms with E-state index in [0.717, 1.165) is 36.2 Å². The first-order chi connectivity index (χ1) is 14.6. The number of halogens is 1. The standard InChI is InChI=1S/C23H24ClN5O/c1-16-4-9-21(26-14-16)28-23-25-11-10-20(27-23)18-3-2-12-29(15-18)22(30)13-17-5-7-19(24)8-6-17/h4-11,14,18H,2-3,12-13,15H2,1H3,(H,25,26,27,28). The van der Waals surface area contributed by atoms with Crippen LogP contribution in [0.5, 0.6) is 0 Å². The number of carbonyl (C=O) groups excluding carboxylic acids is 1. The number of hydrogen-bond acceptors (Lipinski definition) is 5. The lowest BCUT2D eigenvalue weighted by Crippen LogP contribution is -2.40. The summed E-state index contributed by atoms with van der Waals surface area (Å²) in [6, 6.07) is 13.3. The van der Waals surface area contributed by atoms with Crippen LogP contribution < -0.4 is 5.32 Å². The number of nitrogens with zero attached hydrogens (tertiary/aromatic N) is 4. The Balaban J connectivity index is 1.42. The smallest absolute Gasteiger partial charge is 0.228 e. The molecule has 0 saturated carbocycles. The Kier molecular flexibility index (Phi) is 6.23. The fourth-order valence-corrected chi connectivity index (χ4v) is 3.78. The molecule has 1 aromatic carbocycles. The predicted molar refractivity (Wildman–Crippen MR) is 118 cm³/mol. The van der Waals surface area contributed by atoms with Crippen molar-refractivity contribution in [3.8, 4) is 0 Å². The van der Waals surface area contributed by atoms with Gasteiger partial charge in [0.2, 0.25) is 11.9 Å². The number of rotatable bonds is 5. The van der Waals surface area contributed by atoms with E-state index in [0.29, 0.717) is 29.8 Å². The van der Waals surface area contributed by atoms with Crippen molar-refractivity contribution in [2.45, 2.75) is 32.1 Å². The molecule has 0 bridgehead atoms. The maximum absolute atomic E-state index is 12.8. The molecule has 1 aliphatic heterocycles. The van der Waals surface area contributed by atoms with E-state index < -0.39 is 0 Å². The van der Waals surface area contributed by atoms with Crippen LogP contribution >= 0.6 is 11.6 Å². The van der Waals surface area contributed by atoms with Crippen LogP contribution in [0.15, 0.2) is 54.9 Å². The summed E-state index contributed by atoms with van der Waals surface area (Å²) in [5, 5.41) is 3.84. The van der Waals surface area contributed by atoms with Gasteiger partial charge in [0, 0.05) is 36.4 Å². The van der Waals surface area contributed by atoms with Crippen LogP contribution in [0.2, 0.25) is 5.02 Å². The molecule has 0 radical (unpaired) electrons. The van der Waals surface area contributed by atoms with Crippen molar-refractivity contribution in [1.29, 1.82) is 0 Å². The molecule has 4 rings (SSSR count). The zero-order valence-corrected chi connectivity index (χ0v) is 17.6. The summed E-state index contributed by atoms with van der Waals surface area (Å²) in [6.45, 7) is 3.45. The molecule has 1 N–H and O–H groups in total. The van der Waals surface area contributed by atoms with Gasteiger partial charge in [-0.1, -0.05) is 29.8 Å². The molecule has 1 fully saturated rings. The van der Waals surface area contributed by atoms with E-state index in [-0.39, 0.29) is 11.8 Å². The topological polar surface area (TPSA) is 71.0 Å². The van der Waals surface area contributed by atoms with E-state index in [2.05, 4.69) is 20.3 Å². The number of aryl methyl sites for hydroxylation is 1. The van der Waals surface area contributed by atoms with Crippen LogP contribution in [0, 0.1) is 6.92 Å². The van der Waals surface area contributed by atoms with Crippen LogP contribution in [0.1, 0.15) is 35.6 Å². The lowest BCUT2D eigenvalue weighted by Gasteiger charge is -2.32. The highest BCUT2D eigenvalue weighted by Crippen LogP contribution is 2.27. The number of benzene rings is 1. The summed E-state index contributed by atoms with van der Waals surface area (Å²) in [6.07, 6.45) is 5.91. The first kappa shape index (κ1) is 20.3. The SMILES string of the molecule is Cc1ccc(Nc2nccc(C3CCCN(C(=O)Cc4ccc(Cl)cc4)C3)n2)nc1. The number of aromatic nitrogens is 3. The minimum Gasteiger partial charge on any atom is -0.342 e. The second kappa shape index (κ2) is 9.22. The molecule has 0 spiro atoms. The van der Waals surface area contributed by atoms with Crippen molar-refractivity contribution >= 4 is 29.3 Å². The van der Waals surface area contributed by atoms with Crippen LogP contribution in [-0.2, 0) is 11.2 Å². The number of anilines is 2. The van der Waals surface area contributed by atoms with Crippen molar-refractivity contribution in [2.75, 3.05) is 18.4 Å². The molecule has 7 heteroatoms. The summed E-state index contributed by atoms with van der Waals surface area (Å²) < 4.78 is 0. The van der Waals surface area contributed by atoms with Crippen LogP contribution in [0.25, 0.3) is 0 Å². The minimum absolute atomic E-state index is 0.137. The number of piperidine rings is 1. The Morgan fingerprint density at radius 1 is 1.17 bits per heavy atom. The van der Waals surface area contributed by atoms with Gasteiger partial charge in [0.15, 0.2) is 0 Å². The van der Waals surface area contributed by atoms with Crippen molar-refractivity contribution in [2.24, 2.45) is 0 Å². The molecule has 1 amide bonds. The van der Waals surface area contributed by atoms with Crippen molar-refractivity contribution in [1.82, 2.24) is 19.9 Å². The molecular weight excluding hydrogens is 398 g/mol. The molecule has 1 atom stereocenters. The molecule has 1 aliphatic rings. The number of hydrogen-bond donors (Lipinski definition) is 1. The van der Waals surface area contributed by atoms with Gasteiger partial charge in [-0.3, -0.25) is 4.79 Å². The van der Waals surface area contributed by atoms with Gasteiger partial charge < -0.3 is 10.2 Å². The van der Waals surface area contributed by atoms with Gasteiger partial charge in [0.05, 0.1) is 12.1 Å². The van der Waals surface area contributed by atoms with Crippen molar-refractivity contribution in [3.63, 3.8) is 0 Å². The second-order valence-corrected chi connectivity index (χ2v) is 8.07. The first-order valence-electron chi connectivity index (χ1n) is 10.1. The number of carbonyl (C=O) groups is 1. The van der Waals surface area contributed by atoms with E-state index in [1.165, 1.54) is 0 Å². The van der Waals surface area contributed by atoms with E-state index in [1.54, 1.807) is 12.4 Å². The molecule has 6 nitrogen and oxygen atoms in total. The van der Waals surface area contributed by atoms with Gasteiger partial charge >= 0.3 is 0 Å². The number of likely N-dealkylation sites (tertiary alicyclic amines) is 1. The third-order valence-electron chi connectivity index (χ3n) is 5.29. The zero-order chi connectivity index (χ0) is 20.9. The molecule has 3 aromatic rings. The van der Waals surface area contributed by atoms with E-state index >= 15 is 0 Å². The monoisotopic (exact) mass is 421 g/mol. The van der Waals surface area contributed by atoms with Gasteiger partial charge in [-0.15, -0.1) is 0 Å². The molecular formula is C23H24ClN5O. The predicted octanol–water partition coefficient (Wildman–Crippen LogP) is 4.53. The highest BCUT2D eigenvalue weighted by Gasteiger charge is 2.26. The molecule has 0 aliphatic carbocycles. The Hall–Kier alpha value is -2.99. The van der Waals surface area contributed by atoms with Crippen LogP contribution in [0.4, 0.5) is 11.8 Å². The molecule has 1 unspecified atom stereocenters.